The van der Waals surface area contributed by atoms with Gasteiger partial charge in [-0.05, 0) is 74.2 Å². The summed E-state index contributed by atoms with van der Waals surface area (Å²) in [5, 5.41) is 7.16. The normalized spacial score (nSPS) is 15.5. The molecule has 3 aromatic rings. The Bertz CT molecular complexity index is 1070. The molecular weight excluding hydrogens is 404 g/mol. The van der Waals surface area contributed by atoms with Gasteiger partial charge in [0, 0.05) is 36.8 Å². The Kier molecular flexibility index (Phi) is 6.66. The minimum Gasteiger partial charge on any atom is -0.376 e. The molecular formula is C25H28N4O3. The van der Waals surface area contributed by atoms with Gasteiger partial charge in [-0.3, -0.25) is 9.59 Å². The van der Waals surface area contributed by atoms with Crippen molar-refractivity contribution >= 4 is 17.5 Å². The maximum absolute atomic E-state index is 13.3. The Labute approximate surface area is 188 Å². The molecule has 1 unspecified atom stereocenters. The summed E-state index contributed by atoms with van der Waals surface area (Å²) in [5.74, 6) is -0.415. The van der Waals surface area contributed by atoms with Crippen LogP contribution < -0.4 is 5.32 Å². The van der Waals surface area contributed by atoms with Gasteiger partial charge in [0.15, 0.2) is 0 Å². The quantitative estimate of drug-likeness (QED) is 0.617. The third-order valence-corrected chi connectivity index (χ3v) is 5.83. The molecule has 2 aromatic carbocycles. The first kappa shape index (κ1) is 21.8. The van der Waals surface area contributed by atoms with E-state index in [1.165, 1.54) is 0 Å². The lowest BCUT2D eigenvalue weighted by molar-refractivity contribution is -0.117. The number of hydrogen-bond donors (Lipinski definition) is 1. The van der Waals surface area contributed by atoms with Crippen LogP contribution in [0.2, 0.25) is 0 Å². The number of aromatic nitrogens is 2. The molecule has 0 bridgehead atoms. The maximum atomic E-state index is 13.3. The van der Waals surface area contributed by atoms with E-state index in [9.17, 15) is 9.59 Å². The first-order valence-corrected chi connectivity index (χ1v) is 10.9. The van der Waals surface area contributed by atoms with Crippen molar-refractivity contribution in [1.82, 2.24) is 14.7 Å². The fraction of sp³-hybridized carbons (Fsp3) is 0.320. The Hall–Kier alpha value is -3.45. The number of anilines is 1. The van der Waals surface area contributed by atoms with E-state index in [2.05, 4.69) is 10.4 Å². The van der Waals surface area contributed by atoms with Gasteiger partial charge in [-0.1, -0.05) is 12.1 Å². The molecule has 1 fully saturated rings. The van der Waals surface area contributed by atoms with Crippen molar-refractivity contribution < 1.29 is 14.3 Å². The van der Waals surface area contributed by atoms with Gasteiger partial charge in [-0.15, -0.1) is 0 Å². The zero-order valence-corrected chi connectivity index (χ0v) is 18.5. The van der Waals surface area contributed by atoms with Crippen molar-refractivity contribution in [2.24, 2.45) is 0 Å². The molecule has 7 heteroatoms. The highest BCUT2D eigenvalue weighted by Crippen LogP contribution is 2.19. The predicted molar refractivity (Wildman–Crippen MR) is 123 cm³/mol. The van der Waals surface area contributed by atoms with Crippen LogP contribution in [-0.2, 0) is 9.53 Å². The molecule has 7 nitrogen and oxygen atoms in total. The van der Waals surface area contributed by atoms with Gasteiger partial charge in [0.1, 0.15) is 6.54 Å². The average Bonchev–Trinajstić information content (AvgIpc) is 3.51. The fourth-order valence-electron chi connectivity index (χ4n) is 3.86. The van der Waals surface area contributed by atoms with Crippen molar-refractivity contribution in [3.63, 3.8) is 0 Å². The van der Waals surface area contributed by atoms with Crippen LogP contribution in [0.25, 0.3) is 5.69 Å². The number of nitrogens with zero attached hydrogens (tertiary/aromatic N) is 3. The Morgan fingerprint density at radius 2 is 1.97 bits per heavy atom. The molecule has 0 saturated carbocycles. The van der Waals surface area contributed by atoms with Gasteiger partial charge < -0.3 is 15.0 Å². The minimum absolute atomic E-state index is 0.0347. The standard InChI is InChI=1S/C25H28N4O3/c1-18-6-3-8-23(19(18)2)27-24(30)17-28(16-22-7-4-15-32-22)25(31)20-9-11-21(12-10-20)29-14-5-13-26-29/h3,5-6,8-14,22H,4,7,15-17H2,1-2H3,(H,27,30). The minimum atomic E-state index is -0.224. The highest BCUT2D eigenvalue weighted by molar-refractivity contribution is 5.99. The molecule has 0 spiro atoms. The molecule has 4 rings (SSSR count). The molecule has 1 saturated heterocycles. The first-order chi connectivity index (χ1) is 15.5. The molecule has 2 amide bonds. The Morgan fingerprint density at radius 3 is 2.66 bits per heavy atom. The lowest BCUT2D eigenvalue weighted by Gasteiger charge is -2.25. The van der Waals surface area contributed by atoms with Crippen molar-refractivity contribution in [2.45, 2.75) is 32.8 Å². The highest BCUT2D eigenvalue weighted by Gasteiger charge is 2.25. The summed E-state index contributed by atoms with van der Waals surface area (Å²) in [6.45, 7) is 5.03. The van der Waals surface area contributed by atoms with Crippen molar-refractivity contribution in [3.8, 4) is 5.69 Å². The molecule has 0 aliphatic carbocycles. The van der Waals surface area contributed by atoms with Crippen LogP contribution in [0.15, 0.2) is 60.9 Å². The number of rotatable bonds is 7. The zero-order valence-electron chi connectivity index (χ0n) is 18.5. The number of carbonyl (C=O) groups is 2. The number of benzene rings is 2. The summed E-state index contributed by atoms with van der Waals surface area (Å²) in [4.78, 5) is 27.7. The van der Waals surface area contributed by atoms with Crippen LogP contribution in [0.1, 0.15) is 34.3 Å². The van der Waals surface area contributed by atoms with E-state index in [1.54, 1.807) is 27.9 Å². The largest absolute Gasteiger partial charge is 0.376 e. The van der Waals surface area contributed by atoms with Gasteiger partial charge in [0.25, 0.3) is 5.91 Å². The van der Waals surface area contributed by atoms with Gasteiger partial charge >= 0.3 is 0 Å². The molecule has 1 aromatic heterocycles. The Morgan fingerprint density at radius 1 is 1.16 bits per heavy atom. The van der Waals surface area contributed by atoms with Crippen LogP contribution >= 0.6 is 0 Å². The second-order valence-electron chi connectivity index (χ2n) is 8.11. The summed E-state index contributed by atoms with van der Waals surface area (Å²) in [6, 6.07) is 14.9. The maximum Gasteiger partial charge on any atom is 0.254 e. The molecule has 2 heterocycles. The monoisotopic (exact) mass is 432 g/mol. The van der Waals surface area contributed by atoms with E-state index >= 15 is 0 Å². The molecule has 0 radical (unpaired) electrons. The summed E-state index contributed by atoms with van der Waals surface area (Å²) in [5.41, 5.74) is 4.28. The van der Waals surface area contributed by atoms with Crippen molar-refractivity contribution in [3.05, 3.63) is 77.6 Å². The summed E-state index contributed by atoms with van der Waals surface area (Å²) >= 11 is 0. The van der Waals surface area contributed by atoms with Gasteiger partial charge in [-0.2, -0.15) is 5.10 Å². The smallest absolute Gasteiger partial charge is 0.254 e. The fourth-order valence-corrected chi connectivity index (χ4v) is 3.86. The molecule has 1 N–H and O–H groups in total. The number of amides is 2. The van der Waals surface area contributed by atoms with Gasteiger partial charge in [-0.25, -0.2) is 4.68 Å². The number of hydrogen-bond acceptors (Lipinski definition) is 4. The predicted octanol–water partition coefficient (Wildman–Crippen LogP) is 3.75. The first-order valence-electron chi connectivity index (χ1n) is 10.9. The number of nitrogens with one attached hydrogen (secondary N) is 1. The highest BCUT2D eigenvalue weighted by atomic mass is 16.5. The van der Waals surface area contributed by atoms with Crippen LogP contribution in [-0.4, -0.2) is 52.3 Å². The second-order valence-corrected chi connectivity index (χ2v) is 8.11. The van der Waals surface area contributed by atoms with E-state index in [0.29, 0.717) is 18.7 Å². The SMILES string of the molecule is Cc1cccc(NC(=O)CN(CC2CCCO2)C(=O)c2ccc(-n3cccn3)cc2)c1C. The summed E-state index contributed by atoms with van der Waals surface area (Å²) < 4.78 is 7.47. The zero-order chi connectivity index (χ0) is 22.5. The number of carbonyl (C=O) groups excluding carboxylic acids is 2. The molecule has 1 aliphatic heterocycles. The second kappa shape index (κ2) is 9.78. The van der Waals surface area contributed by atoms with E-state index in [-0.39, 0.29) is 24.5 Å². The summed E-state index contributed by atoms with van der Waals surface area (Å²) in [7, 11) is 0. The van der Waals surface area contributed by atoms with E-state index < -0.39 is 0 Å². The molecule has 32 heavy (non-hydrogen) atoms. The van der Waals surface area contributed by atoms with Crippen molar-refractivity contribution in [2.75, 3.05) is 25.0 Å². The Balaban J connectivity index is 1.49. The van der Waals surface area contributed by atoms with Crippen LogP contribution in [0.5, 0.6) is 0 Å². The third-order valence-electron chi connectivity index (χ3n) is 5.83. The van der Waals surface area contributed by atoms with Gasteiger partial charge in [0.05, 0.1) is 11.8 Å². The molecule has 166 valence electrons. The number of aryl methyl sites for hydroxylation is 1. The van der Waals surface area contributed by atoms with Crippen molar-refractivity contribution in [1.29, 1.82) is 0 Å². The van der Waals surface area contributed by atoms with Crippen LogP contribution in [0, 0.1) is 13.8 Å². The van der Waals surface area contributed by atoms with Crippen LogP contribution in [0.3, 0.4) is 0 Å². The lowest BCUT2D eigenvalue weighted by atomic mass is 10.1. The molecule has 1 atom stereocenters. The summed E-state index contributed by atoms with van der Waals surface area (Å²) in [6.07, 6.45) is 5.37. The molecule has 1 aliphatic rings. The third kappa shape index (κ3) is 5.06. The van der Waals surface area contributed by atoms with Gasteiger partial charge in [0.2, 0.25) is 5.91 Å². The number of ether oxygens (including phenoxy) is 1. The average molecular weight is 433 g/mol. The van der Waals surface area contributed by atoms with E-state index in [0.717, 1.165) is 35.3 Å². The topological polar surface area (TPSA) is 76.5 Å². The van der Waals surface area contributed by atoms with E-state index in [4.69, 9.17) is 4.74 Å². The van der Waals surface area contributed by atoms with Crippen LogP contribution in [0.4, 0.5) is 5.69 Å². The van der Waals surface area contributed by atoms with E-state index in [1.807, 2.05) is 56.4 Å². The lowest BCUT2D eigenvalue weighted by Crippen LogP contribution is -2.42.